The first kappa shape index (κ1) is 35.1. The van der Waals surface area contributed by atoms with Gasteiger partial charge >= 0.3 is 0 Å². The van der Waals surface area contributed by atoms with E-state index in [4.69, 9.17) is 4.42 Å². The first-order valence-corrected chi connectivity index (χ1v) is 22.1. The normalized spacial score (nSPS) is 21.9. The Morgan fingerprint density at radius 3 is 1.57 bits per heavy atom. The molecule has 2 nitrogen and oxygen atoms in total. The summed E-state index contributed by atoms with van der Waals surface area (Å²) >= 11 is 0. The van der Waals surface area contributed by atoms with E-state index in [0.717, 1.165) is 73.1 Å². The zero-order valence-corrected chi connectivity index (χ0v) is 33.9. The highest BCUT2D eigenvalue weighted by Gasteiger charge is 2.62. The predicted octanol–water partition coefficient (Wildman–Crippen LogP) is 15.9. The molecule has 4 fully saturated rings. The quantitative estimate of drug-likeness (QED) is 0.167. The zero-order chi connectivity index (χ0) is 40.2. The molecule has 1 heterocycles. The second-order valence-electron chi connectivity index (χ2n) is 18.2. The van der Waals surface area contributed by atoms with Gasteiger partial charge in [-0.25, -0.2) is 4.39 Å². The summed E-state index contributed by atoms with van der Waals surface area (Å²) in [5.41, 5.74) is 16.3. The van der Waals surface area contributed by atoms with Gasteiger partial charge in [-0.05, 0) is 160 Å². The summed E-state index contributed by atoms with van der Waals surface area (Å²) in [6.45, 7) is 0. The van der Waals surface area contributed by atoms with Crippen LogP contribution in [-0.2, 0) is 5.41 Å². The third-order valence-corrected chi connectivity index (χ3v) is 15.1. The van der Waals surface area contributed by atoms with Crippen LogP contribution in [0.15, 0.2) is 186 Å². The van der Waals surface area contributed by atoms with Crippen LogP contribution < -0.4 is 4.90 Å². The van der Waals surface area contributed by atoms with Gasteiger partial charge in [0.25, 0.3) is 0 Å². The fourth-order valence-electron chi connectivity index (χ4n) is 12.9. The van der Waals surface area contributed by atoms with Gasteiger partial charge in [0.15, 0.2) is 0 Å². The summed E-state index contributed by atoms with van der Waals surface area (Å²) in [6, 6.07) is 64.6. The van der Waals surface area contributed by atoms with Crippen LogP contribution in [0.5, 0.6) is 0 Å². The summed E-state index contributed by atoms with van der Waals surface area (Å²) in [5.74, 6) is 2.63. The van der Waals surface area contributed by atoms with E-state index in [9.17, 15) is 0 Å². The molecule has 0 amide bonds. The number of nitrogens with zero attached hydrogens (tertiary/aromatic N) is 1. The largest absolute Gasteiger partial charge is 0.456 e. The lowest BCUT2D eigenvalue weighted by atomic mass is 9.42. The van der Waals surface area contributed by atoms with E-state index in [1.165, 1.54) is 65.5 Å². The standard InChI is InChI=1S/C58H44FNO/c59-53-28-27-48(57-56(53)51-13-7-8-14-52(51)58(57)43-30-36-29-37(32-43)33-44(58)31-36)42-19-25-49-50-26-24-47(35-55(50)61-54(49)34-42)60(45-20-15-40(16-21-45)38-9-3-1-4-10-38)46-22-17-41(18-23-46)39-11-5-2-6-12-39/h1-28,34-37,43-44H,29-33H2. The molecular weight excluding hydrogens is 746 g/mol. The Bertz CT molecular complexity index is 3040. The molecule has 294 valence electrons. The van der Waals surface area contributed by atoms with Gasteiger partial charge in [0.05, 0.1) is 0 Å². The molecule has 61 heavy (non-hydrogen) atoms. The maximum Gasteiger partial charge on any atom is 0.137 e. The van der Waals surface area contributed by atoms with E-state index < -0.39 is 0 Å². The molecule has 0 radical (unpaired) electrons. The highest BCUT2D eigenvalue weighted by molar-refractivity contribution is 6.07. The van der Waals surface area contributed by atoms with Gasteiger partial charge < -0.3 is 9.32 Å². The lowest BCUT2D eigenvalue weighted by Crippen LogP contribution is -2.55. The molecule has 9 aromatic rings. The van der Waals surface area contributed by atoms with Crippen LogP contribution in [0.1, 0.15) is 43.2 Å². The number of benzene rings is 8. The van der Waals surface area contributed by atoms with Gasteiger partial charge in [-0.2, -0.15) is 0 Å². The van der Waals surface area contributed by atoms with Crippen molar-refractivity contribution >= 4 is 39.0 Å². The minimum atomic E-state index is -0.142. The summed E-state index contributed by atoms with van der Waals surface area (Å²) in [5, 5.41) is 2.17. The Hall–Kier alpha value is -6.71. The maximum atomic E-state index is 16.4. The summed E-state index contributed by atoms with van der Waals surface area (Å²) in [6.07, 6.45) is 6.41. The lowest BCUT2D eigenvalue weighted by Gasteiger charge is -2.61. The molecule has 5 aliphatic carbocycles. The van der Waals surface area contributed by atoms with Crippen molar-refractivity contribution in [3.8, 4) is 44.5 Å². The molecule has 0 aliphatic heterocycles. The van der Waals surface area contributed by atoms with Crippen LogP contribution in [0.2, 0.25) is 0 Å². The van der Waals surface area contributed by atoms with Crippen molar-refractivity contribution < 1.29 is 8.81 Å². The maximum absolute atomic E-state index is 16.4. The predicted molar refractivity (Wildman–Crippen MR) is 248 cm³/mol. The number of hydrogen-bond acceptors (Lipinski definition) is 2. The topological polar surface area (TPSA) is 16.4 Å². The zero-order valence-electron chi connectivity index (χ0n) is 33.9. The number of furan rings is 1. The Kier molecular flexibility index (Phi) is 7.71. The minimum Gasteiger partial charge on any atom is -0.456 e. The van der Waals surface area contributed by atoms with Gasteiger partial charge in [-0.3, -0.25) is 0 Å². The van der Waals surface area contributed by atoms with E-state index >= 15 is 4.39 Å². The smallest absolute Gasteiger partial charge is 0.137 e. The van der Waals surface area contributed by atoms with Gasteiger partial charge in [0, 0.05) is 44.9 Å². The van der Waals surface area contributed by atoms with E-state index in [1.54, 1.807) is 6.07 Å². The highest BCUT2D eigenvalue weighted by atomic mass is 19.1. The van der Waals surface area contributed by atoms with Crippen LogP contribution in [0.4, 0.5) is 21.5 Å². The molecule has 0 atom stereocenters. The first-order chi connectivity index (χ1) is 30.1. The molecule has 0 unspecified atom stereocenters. The molecule has 8 aromatic carbocycles. The van der Waals surface area contributed by atoms with Gasteiger partial charge in [-0.15, -0.1) is 0 Å². The Labute approximate surface area is 355 Å². The molecule has 5 aliphatic rings. The Morgan fingerprint density at radius 2 is 0.951 bits per heavy atom. The SMILES string of the molecule is Fc1ccc(-c2ccc3c(c2)oc2cc(N(c4ccc(-c5ccccc5)cc4)c4ccc(-c5ccccc5)cc4)ccc23)c2c1-c1ccccc1C21C2CC3CC(C2)CC1C3. The molecule has 4 bridgehead atoms. The average Bonchev–Trinajstić information content (AvgIpc) is 3.83. The highest BCUT2D eigenvalue weighted by Crippen LogP contribution is 2.70. The third-order valence-electron chi connectivity index (χ3n) is 15.1. The van der Waals surface area contributed by atoms with Crippen molar-refractivity contribution in [3.63, 3.8) is 0 Å². The minimum absolute atomic E-state index is 0.0943. The van der Waals surface area contributed by atoms with E-state index in [0.29, 0.717) is 11.8 Å². The monoisotopic (exact) mass is 789 g/mol. The van der Waals surface area contributed by atoms with Crippen LogP contribution in [0, 0.1) is 29.5 Å². The summed E-state index contributed by atoms with van der Waals surface area (Å²) in [4.78, 5) is 2.31. The molecule has 0 saturated heterocycles. The van der Waals surface area contributed by atoms with Crippen molar-refractivity contribution in [3.05, 3.63) is 199 Å². The molecular formula is C58H44FNO. The van der Waals surface area contributed by atoms with Crippen molar-refractivity contribution in [1.29, 1.82) is 0 Å². The van der Waals surface area contributed by atoms with Crippen LogP contribution in [0.25, 0.3) is 66.4 Å². The second kappa shape index (κ2) is 13.4. The molecule has 1 spiro atoms. The fourth-order valence-corrected chi connectivity index (χ4v) is 12.9. The van der Waals surface area contributed by atoms with Crippen molar-refractivity contribution in [2.75, 3.05) is 4.90 Å². The van der Waals surface area contributed by atoms with E-state index in [1.807, 2.05) is 0 Å². The number of rotatable bonds is 6. The Balaban J connectivity index is 0.927. The lowest BCUT2D eigenvalue weighted by molar-refractivity contribution is -0.0397. The molecule has 4 saturated carbocycles. The van der Waals surface area contributed by atoms with Crippen molar-refractivity contribution in [2.45, 2.75) is 37.5 Å². The molecule has 3 heteroatoms. The Morgan fingerprint density at radius 1 is 0.443 bits per heavy atom. The number of anilines is 3. The van der Waals surface area contributed by atoms with Crippen LogP contribution >= 0.6 is 0 Å². The van der Waals surface area contributed by atoms with Crippen molar-refractivity contribution in [2.24, 2.45) is 23.7 Å². The number of halogens is 1. The number of hydrogen-bond donors (Lipinski definition) is 0. The molecule has 1 aromatic heterocycles. The van der Waals surface area contributed by atoms with E-state index in [-0.39, 0.29) is 11.2 Å². The van der Waals surface area contributed by atoms with Gasteiger partial charge in [0.1, 0.15) is 17.0 Å². The third kappa shape index (κ3) is 5.26. The van der Waals surface area contributed by atoms with E-state index in [2.05, 4.69) is 181 Å². The van der Waals surface area contributed by atoms with Gasteiger partial charge in [0.2, 0.25) is 0 Å². The molecule has 0 N–H and O–H groups in total. The summed E-state index contributed by atoms with van der Waals surface area (Å²) < 4.78 is 23.2. The van der Waals surface area contributed by atoms with Crippen LogP contribution in [-0.4, -0.2) is 0 Å². The summed E-state index contributed by atoms with van der Waals surface area (Å²) in [7, 11) is 0. The fraction of sp³-hybridized carbons (Fsp3) is 0.172. The van der Waals surface area contributed by atoms with Crippen molar-refractivity contribution in [1.82, 2.24) is 0 Å². The first-order valence-electron chi connectivity index (χ1n) is 22.1. The molecule has 14 rings (SSSR count). The number of fused-ring (bicyclic) bond motifs is 6. The van der Waals surface area contributed by atoms with Gasteiger partial charge in [-0.1, -0.05) is 121 Å². The van der Waals surface area contributed by atoms with Crippen LogP contribution in [0.3, 0.4) is 0 Å². The average molecular weight is 790 g/mol. The second-order valence-corrected chi connectivity index (χ2v) is 18.2.